The smallest absolute Gasteiger partial charge is 0.351 e. The highest BCUT2D eigenvalue weighted by Crippen LogP contribution is 2.27. The van der Waals surface area contributed by atoms with Gasteiger partial charge in [0.25, 0.3) is 0 Å². The van der Waals surface area contributed by atoms with E-state index in [1.165, 1.54) is 0 Å². The van der Waals surface area contributed by atoms with Crippen molar-refractivity contribution in [2.24, 2.45) is 0 Å². The van der Waals surface area contributed by atoms with Gasteiger partial charge in [-0.3, -0.25) is 0 Å². The second kappa shape index (κ2) is 6.19. The van der Waals surface area contributed by atoms with Crippen LogP contribution >= 0.6 is 61.1 Å². The Morgan fingerprint density at radius 1 is 1.33 bits per heavy atom. The minimum absolute atomic E-state index is 0.342. The van der Waals surface area contributed by atoms with Crippen molar-refractivity contribution in [2.75, 3.05) is 0 Å². The Labute approximate surface area is 124 Å². The van der Waals surface area contributed by atoms with Gasteiger partial charge >= 0.3 is 5.97 Å². The molecule has 0 radical (unpaired) electrons. The van der Waals surface area contributed by atoms with Gasteiger partial charge in [-0.15, -0.1) is 0 Å². The average molecular weight is 493 g/mol. The summed E-state index contributed by atoms with van der Waals surface area (Å²) in [5.41, 5.74) is 0.944. The van der Waals surface area contributed by atoms with E-state index >= 15 is 0 Å². The van der Waals surface area contributed by atoms with Crippen LogP contribution in [0.25, 0.3) is 0 Å². The molecule has 0 N–H and O–H groups in total. The van der Waals surface area contributed by atoms with E-state index in [0.29, 0.717) is 9.33 Å². The first-order valence-electron chi connectivity index (χ1n) is 4.01. The molecule has 0 aliphatic heterocycles. The molecule has 0 fully saturated rings. The van der Waals surface area contributed by atoms with Gasteiger partial charge in [0.2, 0.25) is 0 Å². The fourth-order valence-corrected chi connectivity index (χ4v) is 1.38. The molecule has 0 atom stereocenters. The lowest BCUT2D eigenvalue weighted by molar-refractivity contribution is -0.129. The molecule has 80 valence electrons. The van der Waals surface area contributed by atoms with Gasteiger partial charge in [-0.1, -0.05) is 18.2 Å². The van der Waals surface area contributed by atoms with Crippen LogP contribution < -0.4 is 4.74 Å². The van der Waals surface area contributed by atoms with E-state index in [1.807, 2.05) is 70.3 Å². The Kier molecular flexibility index (Phi) is 5.54. The van der Waals surface area contributed by atoms with Crippen LogP contribution in [0.3, 0.4) is 0 Å². The average Bonchev–Trinajstić information content (AvgIpc) is 2.20. The molecule has 0 saturated heterocycles. The highest BCUT2D eigenvalue weighted by atomic mass is 127. The highest BCUT2D eigenvalue weighted by molar-refractivity contribution is 14.1. The number of carbonyl (C=O) groups is 1. The molecule has 0 aliphatic carbocycles. The largest absolute Gasteiger partial charge is 0.422 e. The van der Waals surface area contributed by atoms with Gasteiger partial charge in [-0.2, -0.15) is 0 Å². The number of aryl methyl sites for hydroxylation is 1. The van der Waals surface area contributed by atoms with Crippen molar-refractivity contribution in [3.63, 3.8) is 0 Å². The second-order valence-corrected chi connectivity index (χ2v) is 7.16. The summed E-state index contributed by atoms with van der Waals surface area (Å²) in [6.45, 7) is 1.90. The molecule has 0 unspecified atom stereocenters. The van der Waals surface area contributed by atoms with Crippen LogP contribution in [0.2, 0.25) is 0 Å². The van der Waals surface area contributed by atoms with Crippen molar-refractivity contribution in [3.05, 3.63) is 35.9 Å². The number of para-hydroxylation sites is 1. The van der Waals surface area contributed by atoms with Crippen LogP contribution in [0.15, 0.2) is 30.3 Å². The van der Waals surface area contributed by atoms with Gasteiger partial charge in [-0.05, 0) is 79.7 Å². The summed E-state index contributed by atoms with van der Waals surface area (Å²) >= 11 is 7.20. The Hall–Kier alpha value is 0.370. The molecule has 2 nitrogen and oxygen atoms in total. The van der Waals surface area contributed by atoms with Crippen molar-refractivity contribution in [2.45, 2.75) is 6.92 Å². The van der Waals surface area contributed by atoms with Gasteiger partial charge in [0.1, 0.15) is 9.33 Å². The molecule has 1 aromatic carbocycles. The normalized spacial score (nSPS) is 12.0. The highest BCUT2D eigenvalue weighted by Gasteiger charge is 2.12. The molecule has 0 heterocycles. The third kappa shape index (κ3) is 4.03. The summed E-state index contributed by atoms with van der Waals surface area (Å²) in [5.74, 6) is 0.257. The van der Waals surface area contributed by atoms with E-state index in [4.69, 9.17) is 4.74 Å². The lowest BCUT2D eigenvalue weighted by atomic mass is 10.2. The Balaban J connectivity index is 2.85. The maximum Gasteiger partial charge on any atom is 0.351 e. The number of ether oxygens (including phenoxy) is 1. The summed E-state index contributed by atoms with van der Waals surface area (Å²) in [4.78, 5) is 11.6. The minimum atomic E-state index is -0.342. The van der Waals surface area contributed by atoms with Crippen LogP contribution in [-0.2, 0) is 4.79 Å². The van der Waals surface area contributed by atoms with E-state index in [0.717, 1.165) is 8.05 Å². The predicted octanol–water partition coefficient (Wildman–Crippen LogP) is 4.33. The number of hydrogen-bond acceptors (Lipinski definition) is 2. The van der Waals surface area contributed by atoms with Crippen LogP contribution in [0.1, 0.15) is 5.56 Å². The van der Waals surface area contributed by atoms with Crippen LogP contribution in [0.4, 0.5) is 0 Å². The lowest BCUT2D eigenvalue weighted by Crippen LogP contribution is -2.08. The third-order valence-electron chi connectivity index (χ3n) is 1.64. The van der Waals surface area contributed by atoms with Crippen molar-refractivity contribution in [1.82, 2.24) is 0 Å². The van der Waals surface area contributed by atoms with E-state index in [2.05, 4.69) is 15.9 Å². The van der Waals surface area contributed by atoms with Crippen molar-refractivity contribution in [3.8, 4) is 5.75 Å². The Morgan fingerprint density at radius 2 is 1.93 bits per heavy atom. The fourth-order valence-electron chi connectivity index (χ4n) is 0.893. The first kappa shape index (κ1) is 13.4. The molecule has 1 aromatic rings. The summed E-state index contributed by atoms with van der Waals surface area (Å²) in [5, 5.41) is 0. The van der Waals surface area contributed by atoms with Crippen molar-refractivity contribution in [1.29, 1.82) is 0 Å². The zero-order valence-corrected chi connectivity index (χ0v) is 13.7. The maximum absolute atomic E-state index is 11.6. The Morgan fingerprint density at radius 3 is 2.47 bits per heavy atom. The minimum Gasteiger partial charge on any atom is -0.422 e. The number of hydrogen-bond donors (Lipinski definition) is 0. The molecule has 0 bridgehead atoms. The number of rotatable bonds is 2. The zero-order valence-electron chi connectivity index (χ0n) is 7.76. The summed E-state index contributed by atoms with van der Waals surface area (Å²) in [6.07, 6.45) is 0. The van der Waals surface area contributed by atoms with Crippen LogP contribution in [-0.4, -0.2) is 5.97 Å². The van der Waals surface area contributed by atoms with Gasteiger partial charge in [0.15, 0.2) is 0 Å². The third-order valence-corrected chi connectivity index (χ3v) is 5.33. The summed E-state index contributed by atoms with van der Waals surface area (Å²) < 4.78 is 6.52. The van der Waals surface area contributed by atoms with Gasteiger partial charge in [-0.25, -0.2) is 4.79 Å². The van der Waals surface area contributed by atoms with E-state index in [9.17, 15) is 4.79 Å². The molecule has 5 heteroatoms. The summed E-state index contributed by atoms with van der Waals surface area (Å²) in [6, 6.07) is 7.42. The topological polar surface area (TPSA) is 26.3 Å². The Bertz CT molecular complexity index is 412. The SMILES string of the molecule is Cc1ccccc1OC(=O)/C(I)=C(/Br)I. The maximum atomic E-state index is 11.6. The van der Waals surface area contributed by atoms with Gasteiger partial charge in [0, 0.05) is 0 Å². The molecule has 0 spiro atoms. The van der Waals surface area contributed by atoms with E-state index < -0.39 is 0 Å². The number of benzene rings is 1. The monoisotopic (exact) mass is 492 g/mol. The molecule has 0 amide bonds. The number of esters is 1. The molecule has 0 saturated carbocycles. The van der Waals surface area contributed by atoms with Crippen molar-refractivity contribution < 1.29 is 9.53 Å². The molecule has 0 aliphatic rings. The summed E-state index contributed by atoms with van der Waals surface area (Å²) in [7, 11) is 0. The number of halogens is 3. The second-order valence-electron chi connectivity index (χ2n) is 2.73. The first-order chi connectivity index (χ1) is 7.02. The molecular formula is C10H7BrI2O2. The standard InChI is InChI=1S/C10H7BrI2O2/c1-6-4-2-3-5-7(6)15-10(14)8(12)9(11)13/h2-5H,1H3/b9-8+. The van der Waals surface area contributed by atoms with Crippen LogP contribution in [0.5, 0.6) is 5.75 Å². The zero-order chi connectivity index (χ0) is 11.4. The lowest BCUT2D eigenvalue weighted by Gasteiger charge is -2.06. The molecule has 1 rings (SSSR count). The van der Waals surface area contributed by atoms with E-state index in [1.54, 1.807) is 6.07 Å². The van der Waals surface area contributed by atoms with E-state index in [-0.39, 0.29) is 5.97 Å². The van der Waals surface area contributed by atoms with Gasteiger partial charge < -0.3 is 4.74 Å². The predicted molar refractivity (Wildman–Crippen MR) is 80.8 cm³/mol. The first-order valence-corrected chi connectivity index (χ1v) is 6.96. The number of carbonyl (C=O) groups excluding carboxylic acids is 1. The van der Waals surface area contributed by atoms with Crippen molar-refractivity contribution >= 4 is 67.1 Å². The quantitative estimate of drug-likeness (QED) is 0.266. The van der Waals surface area contributed by atoms with Crippen LogP contribution in [0, 0.1) is 6.92 Å². The molecular weight excluding hydrogens is 486 g/mol. The molecule has 15 heavy (non-hydrogen) atoms. The molecule has 0 aromatic heterocycles. The fraction of sp³-hybridized carbons (Fsp3) is 0.100. The van der Waals surface area contributed by atoms with Gasteiger partial charge in [0.05, 0.1) is 2.49 Å².